The fourth-order valence-electron chi connectivity index (χ4n) is 1.33. The predicted molar refractivity (Wildman–Crippen MR) is 72.5 cm³/mol. The van der Waals surface area contributed by atoms with Crippen LogP contribution in [0.25, 0.3) is 0 Å². The second kappa shape index (κ2) is 6.90. The van der Waals surface area contributed by atoms with E-state index in [-0.39, 0.29) is 5.69 Å². The van der Waals surface area contributed by atoms with E-state index in [1.54, 1.807) is 13.3 Å². The molecule has 0 saturated carbocycles. The predicted octanol–water partition coefficient (Wildman–Crippen LogP) is 1.21. The molecular weight excluding hydrogens is 256 g/mol. The van der Waals surface area contributed by atoms with Crippen molar-refractivity contribution >= 4 is 28.1 Å². The lowest BCUT2D eigenvalue weighted by atomic mass is 10.3. The first-order chi connectivity index (χ1) is 8.52. The van der Waals surface area contributed by atoms with Gasteiger partial charge in [-0.2, -0.15) is 0 Å². The second-order valence-corrected chi connectivity index (χ2v) is 5.22. The summed E-state index contributed by atoms with van der Waals surface area (Å²) in [5.41, 5.74) is -0.0177. The van der Waals surface area contributed by atoms with Crippen molar-refractivity contribution in [3.05, 3.63) is 22.2 Å². The smallest absolute Gasteiger partial charge is 0.276 e. The van der Waals surface area contributed by atoms with Crippen LogP contribution in [0.5, 0.6) is 0 Å². The lowest BCUT2D eigenvalue weighted by Gasteiger charge is -2.07. The van der Waals surface area contributed by atoms with Crippen LogP contribution in [0.3, 0.4) is 0 Å². The zero-order valence-corrected chi connectivity index (χ0v) is 11.1. The lowest BCUT2D eigenvalue weighted by molar-refractivity contribution is -0.384. The summed E-state index contributed by atoms with van der Waals surface area (Å²) in [6, 6.07) is 2.75. The topological polar surface area (TPSA) is 97.2 Å². The molecule has 1 atom stereocenters. The van der Waals surface area contributed by atoms with Crippen LogP contribution in [-0.4, -0.2) is 39.7 Å². The molecule has 0 saturated heterocycles. The van der Waals surface area contributed by atoms with Gasteiger partial charge >= 0.3 is 0 Å². The highest BCUT2D eigenvalue weighted by Crippen LogP contribution is 2.20. The Bertz CT molecular complexity index is 453. The summed E-state index contributed by atoms with van der Waals surface area (Å²) in [4.78, 5) is 14.4. The van der Waals surface area contributed by atoms with Gasteiger partial charge in [0.25, 0.3) is 5.69 Å². The molecular formula is C10H16N4O3S. The largest absolute Gasteiger partial charge is 0.373 e. The lowest BCUT2D eigenvalue weighted by Crippen LogP contribution is -2.08. The molecule has 0 radical (unpaired) electrons. The molecule has 0 aliphatic carbocycles. The number of nitro groups is 1. The summed E-state index contributed by atoms with van der Waals surface area (Å²) >= 11 is 0. The number of hydrogen-bond donors (Lipinski definition) is 2. The molecule has 1 heterocycles. The minimum absolute atomic E-state index is 0.0177. The third-order valence-electron chi connectivity index (χ3n) is 2.19. The van der Waals surface area contributed by atoms with E-state index in [0.29, 0.717) is 23.9 Å². The highest BCUT2D eigenvalue weighted by Gasteiger charge is 2.10. The summed E-state index contributed by atoms with van der Waals surface area (Å²) in [5, 5.41) is 16.5. The van der Waals surface area contributed by atoms with Gasteiger partial charge in [-0.15, -0.1) is 0 Å². The Kier molecular flexibility index (Phi) is 5.50. The zero-order valence-electron chi connectivity index (χ0n) is 10.3. The Balaban J connectivity index is 2.66. The van der Waals surface area contributed by atoms with Gasteiger partial charge in [0, 0.05) is 36.4 Å². The molecule has 1 unspecified atom stereocenters. The van der Waals surface area contributed by atoms with Crippen LogP contribution in [0.1, 0.15) is 6.42 Å². The van der Waals surface area contributed by atoms with Crippen molar-refractivity contribution in [1.29, 1.82) is 0 Å². The van der Waals surface area contributed by atoms with Gasteiger partial charge in [0.1, 0.15) is 11.6 Å². The molecule has 0 bridgehead atoms. The Hall–Kier alpha value is -1.70. The summed E-state index contributed by atoms with van der Waals surface area (Å²) in [6.07, 6.45) is 2.37. The molecule has 0 amide bonds. The molecule has 7 nitrogen and oxygen atoms in total. The minimum Gasteiger partial charge on any atom is -0.373 e. The minimum atomic E-state index is -0.822. The van der Waals surface area contributed by atoms with Crippen molar-refractivity contribution in [2.24, 2.45) is 0 Å². The van der Waals surface area contributed by atoms with E-state index < -0.39 is 15.7 Å². The van der Waals surface area contributed by atoms with Crippen LogP contribution in [0, 0.1) is 10.1 Å². The highest BCUT2D eigenvalue weighted by molar-refractivity contribution is 7.84. The first kappa shape index (κ1) is 14.4. The van der Waals surface area contributed by atoms with E-state index >= 15 is 0 Å². The highest BCUT2D eigenvalue weighted by atomic mass is 32.2. The molecule has 1 aromatic rings. The molecule has 0 aromatic carbocycles. The van der Waals surface area contributed by atoms with Crippen molar-refractivity contribution in [1.82, 2.24) is 4.98 Å². The molecule has 0 aliphatic heterocycles. The van der Waals surface area contributed by atoms with E-state index in [2.05, 4.69) is 15.6 Å². The third kappa shape index (κ3) is 4.66. The normalized spacial score (nSPS) is 11.9. The van der Waals surface area contributed by atoms with Gasteiger partial charge in [0.15, 0.2) is 0 Å². The molecule has 2 N–H and O–H groups in total. The number of hydrogen-bond acceptors (Lipinski definition) is 6. The Labute approximate surface area is 108 Å². The van der Waals surface area contributed by atoms with E-state index in [1.165, 1.54) is 12.1 Å². The summed E-state index contributed by atoms with van der Waals surface area (Å²) in [7, 11) is 0.827. The number of nitrogens with one attached hydrogen (secondary N) is 2. The number of rotatable bonds is 7. The molecule has 0 spiro atoms. The molecule has 0 aliphatic rings. The van der Waals surface area contributed by atoms with Crippen LogP contribution in [0.2, 0.25) is 0 Å². The van der Waals surface area contributed by atoms with Crippen LogP contribution < -0.4 is 10.6 Å². The third-order valence-corrected chi connectivity index (χ3v) is 3.06. The van der Waals surface area contributed by atoms with E-state index in [4.69, 9.17) is 0 Å². The Morgan fingerprint density at radius 2 is 2.11 bits per heavy atom. The first-order valence-electron chi connectivity index (χ1n) is 5.41. The van der Waals surface area contributed by atoms with Crippen molar-refractivity contribution in [2.45, 2.75) is 6.42 Å². The van der Waals surface area contributed by atoms with Crippen LogP contribution in [0.4, 0.5) is 17.3 Å². The SMILES string of the molecule is CNc1cc([N+](=O)[O-])cc(NCCCS(C)=O)n1. The Morgan fingerprint density at radius 1 is 1.44 bits per heavy atom. The van der Waals surface area contributed by atoms with Gasteiger partial charge in [0.2, 0.25) is 0 Å². The van der Waals surface area contributed by atoms with Crippen molar-refractivity contribution in [3.8, 4) is 0 Å². The summed E-state index contributed by atoms with van der Waals surface area (Å²) in [5.74, 6) is 1.47. The summed E-state index contributed by atoms with van der Waals surface area (Å²) in [6.45, 7) is 0.580. The monoisotopic (exact) mass is 272 g/mol. The maximum Gasteiger partial charge on any atom is 0.276 e. The van der Waals surface area contributed by atoms with Gasteiger partial charge in [-0.3, -0.25) is 14.3 Å². The molecule has 18 heavy (non-hydrogen) atoms. The second-order valence-electron chi connectivity index (χ2n) is 3.66. The molecule has 8 heteroatoms. The number of pyridine rings is 1. The summed E-state index contributed by atoms with van der Waals surface area (Å²) < 4.78 is 10.9. The molecule has 1 rings (SSSR count). The number of anilines is 2. The first-order valence-corrected chi connectivity index (χ1v) is 7.13. The van der Waals surface area contributed by atoms with Crippen molar-refractivity contribution in [3.63, 3.8) is 0 Å². The Morgan fingerprint density at radius 3 is 2.67 bits per heavy atom. The number of aromatic nitrogens is 1. The maximum absolute atomic E-state index is 10.9. The van der Waals surface area contributed by atoms with E-state index in [0.717, 1.165) is 6.42 Å². The quantitative estimate of drug-likeness (QED) is 0.440. The van der Waals surface area contributed by atoms with Gasteiger partial charge in [0.05, 0.1) is 17.1 Å². The van der Waals surface area contributed by atoms with Gasteiger partial charge < -0.3 is 10.6 Å². The molecule has 1 aromatic heterocycles. The fourth-order valence-corrected chi connectivity index (χ4v) is 1.88. The van der Waals surface area contributed by atoms with E-state index in [9.17, 15) is 14.3 Å². The fraction of sp³-hybridized carbons (Fsp3) is 0.500. The average Bonchev–Trinajstić information content (AvgIpc) is 2.34. The van der Waals surface area contributed by atoms with Crippen molar-refractivity contribution in [2.75, 3.05) is 36.2 Å². The zero-order chi connectivity index (χ0) is 13.5. The van der Waals surface area contributed by atoms with Crippen LogP contribution in [0.15, 0.2) is 12.1 Å². The van der Waals surface area contributed by atoms with Crippen molar-refractivity contribution < 1.29 is 9.13 Å². The average molecular weight is 272 g/mol. The number of nitrogens with zero attached hydrogens (tertiary/aromatic N) is 2. The van der Waals surface area contributed by atoms with Crippen LogP contribution >= 0.6 is 0 Å². The van der Waals surface area contributed by atoms with Gasteiger partial charge in [-0.05, 0) is 6.42 Å². The van der Waals surface area contributed by atoms with Gasteiger partial charge in [-0.1, -0.05) is 0 Å². The standard InChI is InChI=1S/C10H16N4O3S/c1-11-9-6-8(14(15)16)7-10(13-9)12-4-3-5-18(2)17/h6-7H,3-5H2,1-2H3,(H2,11,12,13). The molecule has 0 fully saturated rings. The van der Waals surface area contributed by atoms with Gasteiger partial charge in [-0.25, -0.2) is 4.98 Å². The molecule has 100 valence electrons. The maximum atomic E-state index is 10.9. The van der Waals surface area contributed by atoms with Crippen LogP contribution in [-0.2, 0) is 10.8 Å². The van der Waals surface area contributed by atoms with E-state index in [1.807, 2.05) is 0 Å².